The summed E-state index contributed by atoms with van der Waals surface area (Å²) in [7, 11) is 0. The lowest BCUT2D eigenvalue weighted by Crippen LogP contribution is -2.51. The Bertz CT molecular complexity index is 423. The molecular weight excluding hydrogens is 260 g/mol. The molecule has 20 heavy (non-hydrogen) atoms. The van der Waals surface area contributed by atoms with Crippen LogP contribution in [-0.4, -0.2) is 40.4 Å². The third kappa shape index (κ3) is 2.78. The molecule has 0 aromatic rings. The van der Waals surface area contributed by atoms with E-state index in [1.807, 2.05) is 6.92 Å². The van der Waals surface area contributed by atoms with Gasteiger partial charge in [0.15, 0.2) is 0 Å². The largest absolute Gasteiger partial charge is 0.481 e. The van der Waals surface area contributed by atoms with Crippen LogP contribution in [0.3, 0.4) is 0 Å². The number of nitrogens with two attached hydrogens (primary N) is 1. The van der Waals surface area contributed by atoms with Gasteiger partial charge in [0, 0.05) is 12.6 Å². The van der Waals surface area contributed by atoms with E-state index >= 15 is 0 Å². The van der Waals surface area contributed by atoms with Crippen molar-refractivity contribution in [3.8, 4) is 0 Å². The van der Waals surface area contributed by atoms with Gasteiger partial charge in [0.2, 0.25) is 11.8 Å². The molecule has 0 aromatic heterocycles. The van der Waals surface area contributed by atoms with Gasteiger partial charge in [-0.3, -0.25) is 14.4 Å². The van der Waals surface area contributed by atoms with Gasteiger partial charge in [-0.2, -0.15) is 0 Å². The summed E-state index contributed by atoms with van der Waals surface area (Å²) >= 11 is 0. The third-order valence-electron chi connectivity index (χ3n) is 4.72. The van der Waals surface area contributed by atoms with Gasteiger partial charge in [-0.25, -0.2) is 0 Å². The Morgan fingerprint density at radius 1 is 1.10 bits per heavy atom. The molecule has 2 aliphatic rings. The molecule has 6 nitrogen and oxygen atoms in total. The molecule has 2 fully saturated rings. The summed E-state index contributed by atoms with van der Waals surface area (Å²) in [4.78, 5) is 36.8. The van der Waals surface area contributed by atoms with E-state index in [0.29, 0.717) is 25.8 Å². The minimum Gasteiger partial charge on any atom is -0.481 e. The molecular formula is C14H22N2O4. The van der Waals surface area contributed by atoms with Crippen LogP contribution in [0.2, 0.25) is 0 Å². The zero-order chi connectivity index (χ0) is 14.9. The summed E-state index contributed by atoms with van der Waals surface area (Å²) in [5, 5.41) is 9.19. The number of aliphatic carboxylic acids is 1. The molecule has 1 heterocycles. The fourth-order valence-electron chi connectivity index (χ4n) is 3.41. The molecule has 6 heteroatoms. The number of hydrogen-bond donors (Lipinski definition) is 2. The maximum Gasteiger partial charge on any atom is 0.307 e. The molecule has 4 atom stereocenters. The second-order valence-electron chi connectivity index (χ2n) is 6.00. The quantitative estimate of drug-likeness (QED) is 0.791. The number of carboxylic acids is 1. The molecule has 1 aliphatic heterocycles. The van der Waals surface area contributed by atoms with Crippen molar-refractivity contribution in [2.75, 3.05) is 6.54 Å². The van der Waals surface area contributed by atoms with Gasteiger partial charge in [0.1, 0.15) is 0 Å². The fraction of sp³-hybridized carbons (Fsp3) is 0.786. The highest BCUT2D eigenvalue weighted by Gasteiger charge is 2.42. The van der Waals surface area contributed by atoms with Gasteiger partial charge in [-0.1, -0.05) is 6.42 Å². The van der Waals surface area contributed by atoms with E-state index in [-0.39, 0.29) is 23.8 Å². The van der Waals surface area contributed by atoms with E-state index in [1.54, 1.807) is 4.90 Å². The van der Waals surface area contributed by atoms with Gasteiger partial charge in [-0.15, -0.1) is 0 Å². The zero-order valence-electron chi connectivity index (χ0n) is 11.7. The van der Waals surface area contributed by atoms with Crippen molar-refractivity contribution in [1.82, 2.24) is 4.90 Å². The molecule has 0 bridgehead atoms. The standard InChI is InChI=1S/C14H22N2O4/c1-8-5-6-9(12(15)17)7-16(8)13(18)10-3-2-4-11(10)14(19)20/h8-11H,2-7H2,1H3,(H2,15,17)(H,19,20). The van der Waals surface area contributed by atoms with Crippen LogP contribution in [0.25, 0.3) is 0 Å². The van der Waals surface area contributed by atoms with Crippen LogP contribution in [0.15, 0.2) is 0 Å². The zero-order valence-corrected chi connectivity index (χ0v) is 11.7. The van der Waals surface area contributed by atoms with Crippen LogP contribution in [0.4, 0.5) is 0 Å². The Hall–Kier alpha value is -1.59. The number of likely N-dealkylation sites (tertiary alicyclic amines) is 1. The lowest BCUT2D eigenvalue weighted by atomic mass is 9.89. The van der Waals surface area contributed by atoms with Crippen molar-refractivity contribution in [1.29, 1.82) is 0 Å². The highest BCUT2D eigenvalue weighted by molar-refractivity contribution is 5.86. The van der Waals surface area contributed by atoms with Gasteiger partial charge in [0.25, 0.3) is 0 Å². The first-order valence-electron chi connectivity index (χ1n) is 7.24. The predicted octanol–water partition coefficient (Wildman–Crippen LogP) is 0.600. The SMILES string of the molecule is CC1CCC(C(N)=O)CN1C(=O)C1CCCC1C(=O)O. The van der Waals surface area contributed by atoms with Crippen LogP contribution in [0.5, 0.6) is 0 Å². The molecule has 0 spiro atoms. The molecule has 0 aromatic carbocycles. The van der Waals surface area contributed by atoms with Crippen LogP contribution in [0, 0.1) is 17.8 Å². The summed E-state index contributed by atoms with van der Waals surface area (Å²) in [6.45, 7) is 2.28. The summed E-state index contributed by atoms with van der Waals surface area (Å²) in [5.74, 6) is -2.72. The maximum absolute atomic E-state index is 12.6. The fourth-order valence-corrected chi connectivity index (χ4v) is 3.41. The molecule has 112 valence electrons. The third-order valence-corrected chi connectivity index (χ3v) is 4.72. The average Bonchev–Trinajstić information content (AvgIpc) is 2.87. The number of carbonyl (C=O) groups excluding carboxylic acids is 2. The number of amides is 2. The molecule has 2 amide bonds. The van der Waals surface area contributed by atoms with Crippen molar-refractivity contribution < 1.29 is 19.5 Å². The van der Waals surface area contributed by atoms with Crippen molar-refractivity contribution >= 4 is 17.8 Å². The normalized spacial score (nSPS) is 34.0. The van der Waals surface area contributed by atoms with E-state index in [9.17, 15) is 19.5 Å². The Balaban J connectivity index is 2.10. The molecule has 3 N–H and O–H groups in total. The van der Waals surface area contributed by atoms with Crippen LogP contribution in [-0.2, 0) is 14.4 Å². The van der Waals surface area contributed by atoms with Crippen LogP contribution >= 0.6 is 0 Å². The highest BCUT2D eigenvalue weighted by Crippen LogP contribution is 2.35. The Morgan fingerprint density at radius 2 is 1.75 bits per heavy atom. The summed E-state index contributed by atoms with van der Waals surface area (Å²) in [6, 6.07) is 0.0492. The van der Waals surface area contributed by atoms with E-state index in [2.05, 4.69) is 0 Å². The number of carboxylic acid groups (broad SMARTS) is 1. The molecule has 2 rings (SSSR count). The number of primary amides is 1. The van der Waals surface area contributed by atoms with Crippen LogP contribution < -0.4 is 5.73 Å². The van der Waals surface area contributed by atoms with Gasteiger partial charge >= 0.3 is 5.97 Å². The van der Waals surface area contributed by atoms with Crippen LogP contribution in [0.1, 0.15) is 39.0 Å². The van der Waals surface area contributed by atoms with Gasteiger partial charge in [-0.05, 0) is 32.6 Å². The topological polar surface area (TPSA) is 101 Å². The average molecular weight is 282 g/mol. The van der Waals surface area contributed by atoms with Gasteiger partial charge in [0.05, 0.1) is 17.8 Å². The number of carbonyl (C=O) groups is 3. The van der Waals surface area contributed by atoms with Crippen molar-refractivity contribution in [2.45, 2.75) is 45.1 Å². The van der Waals surface area contributed by atoms with Gasteiger partial charge < -0.3 is 15.7 Å². The number of piperidine rings is 1. The van der Waals surface area contributed by atoms with Crippen molar-refractivity contribution in [2.24, 2.45) is 23.5 Å². The number of hydrogen-bond acceptors (Lipinski definition) is 3. The summed E-state index contributed by atoms with van der Waals surface area (Å²) in [6.07, 6.45) is 3.40. The van der Waals surface area contributed by atoms with E-state index in [0.717, 1.165) is 12.8 Å². The summed E-state index contributed by atoms with van der Waals surface area (Å²) < 4.78 is 0. The number of nitrogens with zero attached hydrogens (tertiary/aromatic N) is 1. The molecule has 1 aliphatic carbocycles. The predicted molar refractivity (Wildman–Crippen MR) is 71.6 cm³/mol. The first-order chi connectivity index (χ1) is 9.41. The number of rotatable bonds is 3. The second-order valence-corrected chi connectivity index (χ2v) is 6.00. The lowest BCUT2D eigenvalue weighted by Gasteiger charge is -2.38. The highest BCUT2D eigenvalue weighted by atomic mass is 16.4. The Kier molecular flexibility index (Phi) is 4.30. The van der Waals surface area contributed by atoms with E-state index in [4.69, 9.17) is 5.73 Å². The monoisotopic (exact) mass is 282 g/mol. The second kappa shape index (κ2) is 5.81. The Labute approximate surface area is 118 Å². The lowest BCUT2D eigenvalue weighted by molar-refractivity contribution is -0.151. The molecule has 1 saturated heterocycles. The Morgan fingerprint density at radius 3 is 2.35 bits per heavy atom. The molecule has 4 unspecified atom stereocenters. The van der Waals surface area contributed by atoms with Crippen molar-refractivity contribution in [3.05, 3.63) is 0 Å². The summed E-state index contributed by atoms with van der Waals surface area (Å²) in [5.41, 5.74) is 5.33. The van der Waals surface area contributed by atoms with E-state index < -0.39 is 17.8 Å². The first kappa shape index (κ1) is 14.8. The molecule has 1 saturated carbocycles. The maximum atomic E-state index is 12.6. The molecule has 0 radical (unpaired) electrons. The first-order valence-corrected chi connectivity index (χ1v) is 7.24. The smallest absolute Gasteiger partial charge is 0.307 e. The minimum atomic E-state index is -0.892. The van der Waals surface area contributed by atoms with E-state index in [1.165, 1.54) is 0 Å². The van der Waals surface area contributed by atoms with Crippen molar-refractivity contribution in [3.63, 3.8) is 0 Å². The minimum absolute atomic E-state index is 0.0492.